The number of ether oxygens (including phenoxy) is 2. The molecule has 0 aliphatic heterocycles. The summed E-state index contributed by atoms with van der Waals surface area (Å²) in [6.07, 6.45) is 8.22. The smallest absolute Gasteiger partial charge is 0.119 e. The molecule has 0 N–H and O–H groups in total. The van der Waals surface area contributed by atoms with E-state index in [0.717, 1.165) is 23.5 Å². The van der Waals surface area contributed by atoms with Gasteiger partial charge in [-0.05, 0) is 106 Å². The van der Waals surface area contributed by atoms with Crippen LogP contribution in [0.5, 0.6) is 5.75 Å². The molecule has 0 spiro atoms. The average molecular weight is 343 g/mol. The molecule has 2 saturated carbocycles. The molecule has 0 amide bonds. The molecule has 1 aromatic rings. The van der Waals surface area contributed by atoms with E-state index in [1.165, 1.54) is 44.1 Å². The van der Waals surface area contributed by atoms with Crippen molar-refractivity contribution in [2.45, 2.75) is 83.8 Å². The van der Waals surface area contributed by atoms with Crippen molar-refractivity contribution in [3.63, 3.8) is 0 Å². The molecule has 0 bridgehead atoms. The van der Waals surface area contributed by atoms with E-state index in [9.17, 15) is 0 Å². The molecule has 4 rings (SSSR count). The summed E-state index contributed by atoms with van der Waals surface area (Å²) in [5.41, 5.74) is 3.48. The second-order valence-electron chi connectivity index (χ2n) is 9.82. The second-order valence-corrected chi connectivity index (χ2v) is 9.82. The maximum Gasteiger partial charge on any atom is 0.119 e. The minimum Gasteiger partial charge on any atom is -0.497 e. The number of hydrogen-bond acceptors (Lipinski definition) is 2. The molecule has 5 atom stereocenters. The van der Waals surface area contributed by atoms with Gasteiger partial charge in [-0.2, -0.15) is 0 Å². The van der Waals surface area contributed by atoms with E-state index in [0.29, 0.717) is 11.5 Å². The minimum atomic E-state index is -0.0326. The van der Waals surface area contributed by atoms with Crippen molar-refractivity contribution in [1.82, 2.24) is 0 Å². The van der Waals surface area contributed by atoms with Gasteiger partial charge in [-0.15, -0.1) is 0 Å². The number of hydrogen-bond donors (Lipinski definition) is 0. The Morgan fingerprint density at radius 3 is 2.60 bits per heavy atom. The largest absolute Gasteiger partial charge is 0.497 e. The second kappa shape index (κ2) is 6.01. The molecular weight excluding hydrogens is 308 g/mol. The van der Waals surface area contributed by atoms with Gasteiger partial charge in [0.25, 0.3) is 0 Å². The van der Waals surface area contributed by atoms with Crippen LogP contribution >= 0.6 is 0 Å². The van der Waals surface area contributed by atoms with Crippen LogP contribution in [0.3, 0.4) is 0 Å². The van der Waals surface area contributed by atoms with Crippen molar-refractivity contribution in [3.05, 3.63) is 29.3 Å². The van der Waals surface area contributed by atoms with Crippen molar-refractivity contribution in [3.8, 4) is 5.75 Å². The van der Waals surface area contributed by atoms with Gasteiger partial charge >= 0.3 is 0 Å². The Balaban J connectivity index is 1.60. The van der Waals surface area contributed by atoms with Crippen molar-refractivity contribution in [2.75, 3.05) is 7.11 Å². The maximum absolute atomic E-state index is 6.53. The molecule has 2 fully saturated rings. The lowest BCUT2D eigenvalue weighted by Crippen LogP contribution is -2.46. The van der Waals surface area contributed by atoms with Gasteiger partial charge in [-0.1, -0.05) is 13.0 Å². The van der Waals surface area contributed by atoms with Crippen LogP contribution in [0, 0.1) is 17.3 Å². The predicted molar refractivity (Wildman–Crippen MR) is 102 cm³/mol. The van der Waals surface area contributed by atoms with Crippen molar-refractivity contribution in [1.29, 1.82) is 0 Å². The van der Waals surface area contributed by atoms with Crippen LogP contribution in [-0.2, 0) is 11.2 Å². The van der Waals surface area contributed by atoms with Gasteiger partial charge in [-0.25, -0.2) is 0 Å². The van der Waals surface area contributed by atoms with Crippen LogP contribution in [0.15, 0.2) is 18.2 Å². The van der Waals surface area contributed by atoms with Gasteiger partial charge in [0.05, 0.1) is 18.8 Å². The first-order valence-electron chi connectivity index (χ1n) is 10.2. The summed E-state index contributed by atoms with van der Waals surface area (Å²) in [5, 5.41) is 0. The fourth-order valence-electron chi connectivity index (χ4n) is 6.26. The Bertz CT molecular complexity index is 644. The van der Waals surface area contributed by atoms with Gasteiger partial charge in [0, 0.05) is 0 Å². The quantitative estimate of drug-likeness (QED) is 0.683. The number of rotatable bonds is 2. The van der Waals surface area contributed by atoms with Gasteiger partial charge in [0.2, 0.25) is 0 Å². The Labute approximate surface area is 153 Å². The highest BCUT2D eigenvalue weighted by Crippen LogP contribution is 2.62. The molecule has 2 nitrogen and oxygen atoms in total. The zero-order valence-corrected chi connectivity index (χ0v) is 16.6. The average Bonchev–Trinajstić information content (AvgIpc) is 2.89. The van der Waals surface area contributed by atoms with E-state index in [2.05, 4.69) is 45.9 Å². The third kappa shape index (κ3) is 2.91. The van der Waals surface area contributed by atoms with E-state index in [1.807, 2.05) is 0 Å². The summed E-state index contributed by atoms with van der Waals surface area (Å²) < 4.78 is 12.0. The first-order valence-corrected chi connectivity index (χ1v) is 10.2. The third-order valence-corrected chi connectivity index (χ3v) is 7.34. The molecule has 2 heteroatoms. The van der Waals surface area contributed by atoms with E-state index >= 15 is 0 Å². The predicted octanol–water partition coefficient (Wildman–Crippen LogP) is 5.74. The van der Waals surface area contributed by atoms with Crippen LogP contribution in [0.2, 0.25) is 0 Å². The van der Waals surface area contributed by atoms with Gasteiger partial charge < -0.3 is 9.47 Å². The van der Waals surface area contributed by atoms with E-state index in [4.69, 9.17) is 9.47 Å². The molecule has 0 aromatic heterocycles. The molecule has 25 heavy (non-hydrogen) atoms. The molecule has 3 aliphatic carbocycles. The number of fused-ring (bicyclic) bond motifs is 5. The van der Waals surface area contributed by atoms with Gasteiger partial charge in [0.1, 0.15) is 5.75 Å². The van der Waals surface area contributed by atoms with Crippen molar-refractivity contribution in [2.24, 2.45) is 17.3 Å². The number of benzene rings is 1. The molecule has 0 radical (unpaired) electrons. The summed E-state index contributed by atoms with van der Waals surface area (Å²) in [6, 6.07) is 6.79. The lowest BCUT2D eigenvalue weighted by atomic mass is 9.55. The SMILES string of the molecule is COc1ccc2c(c1)CC[C@@H]1[C@@H]2CC[C@]2(C)[C@@H](OC(C)(C)C)CC[C@@H]12. The highest BCUT2D eigenvalue weighted by molar-refractivity contribution is 5.40. The van der Waals surface area contributed by atoms with Crippen molar-refractivity contribution >= 4 is 0 Å². The first kappa shape index (κ1) is 17.4. The summed E-state index contributed by atoms with van der Waals surface area (Å²) in [4.78, 5) is 0. The summed E-state index contributed by atoms with van der Waals surface area (Å²) in [7, 11) is 1.77. The van der Waals surface area contributed by atoms with E-state index in [1.54, 1.807) is 12.7 Å². The number of methoxy groups -OCH3 is 1. The molecular formula is C23H34O2. The highest BCUT2D eigenvalue weighted by atomic mass is 16.5. The lowest BCUT2D eigenvalue weighted by Gasteiger charge is -2.51. The zero-order chi connectivity index (χ0) is 17.8. The van der Waals surface area contributed by atoms with Gasteiger partial charge in [-0.3, -0.25) is 0 Å². The zero-order valence-electron chi connectivity index (χ0n) is 16.6. The van der Waals surface area contributed by atoms with Gasteiger partial charge in [0.15, 0.2) is 0 Å². The Morgan fingerprint density at radius 2 is 1.88 bits per heavy atom. The van der Waals surface area contributed by atoms with Crippen LogP contribution in [0.1, 0.15) is 76.8 Å². The summed E-state index contributed by atoms with van der Waals surface area (Å²) in [5.74, 6) is 3.43. The fourth-order valence-corrected chi connectivity index (χ4v) is 6.26. The van der Waals surface area contributed by atoms with Crippen LogP contribution in [-0.4, -0.2) is 18.8 Å². The number of aryl methyl sites for hydroxylation is 1. The fraction of sp³-hybridized carbons (Fsp3) is 0.739. The van der Waals surface area contributed by atoms with Crippen LogP contribution < -0.4 is 4.74 Å². The molecule has 0 heterocycles. The molecule has 3 aliphatic rings. The van der Waals surface area contributed by atoms with E-state index in [-0.39, 0.29) is 5.60 Å². The molecule has 0 saturated heterocycles. The third-order valence-electron chi connectivity index (χ3n) is 7.34. The lowest BCUT2D eigenvalue weighted by molar-refractivity contribution is -0.125. The molecule has 1 aromatic carbocycles. The normalized spacial score (nSPS) is 37.2. The Kier molecular flexibility index (Phi) is 4.18. The van der Waals surface area contributed by atoms with Crippen LogP contribution in [0.4, 0.5) is 0 Å². The van der Waals surface area contributed by atoms with E-state index < -0.39 is 0 Å². The molecule has 138 valence electrons. The standard InChI is InChI=1S/C23H34O2/c1-22(2,3)25-21-11-10-20-19-8-6-15-14-16(24-5)7-9-17(15)18(19)12-13-23(20,21)4/h7,9,14,18-21H,6,8,10-13H2,1-5H3/t18-,19-,20+,21+,23+/m1/s1. The monoisotopic (exact) mass is 342 g/mol. The summed E-state index contributed by atoms with van der Waals surface area (Å²) >= 11 is 0. The minimum absolute atomic E-state index is 0.0326. The molecule has 0 unspecified atom stereocenters. The first-order chi connectivity index (χ1) is 11.8. The Hall–Kier alpha value is -1.02. The highest BCUT2D eigenvalue weighted by Gasteiger charge is 2.55. The Morgan fingerprint density at radius 1 is 1.08 bits per heavy atom. The summed E-state index contributed by atoms with van der Waals surface area (Å²) in [6.45, 7) is 9.15. The topological polar surface area (TPSA) is 18.5 Å². The maximum atomic E-state index is 6.53. The van der Waals surface area contributed by atoms with Crippen LogP contribution in [0.25, 0.3) is 0 Å². The van der Waals surface area contributed by atoms with Crippen molar-refractivity contribution < 1.29 is 9.47 Å².